The Morgan fingerprint density at radius 3 is 2.57 bits per heavy atom. The highest BCUT2D eigenvalue weighted by atomic mass is 35.5. The van der Waals surface area contributed by atoms with Crippen LogP contribution in [0.2, 0.25) is 5.02 Å². The number of fused-ring (bicyclic) bond motifs is 1. The summed E-state index contributed by atoms with van der Waals surface area (Å²) in [6.07, 6.45) is 3.44. The van der Waals surface area contributed by atoms with Gasteiger partial charge in [0.15, 0.2) is 0 Å². The number of aromatic nitrogens is 1. The Kier molecular flexibility index (Phi) is 5.58. The van der Waals surface area contributed by atoms with Gasteiger partial charge in [-0.05, 0) is 53.8 Å². The minimum absolute atomic E-state index is 0.0368. The monoisotopic (exact) mass is 391 g/mol. The molecule has 1 aliphatic heterocycles. The van der Waals surface area contributed by atoms with Crippen molar-refractivity contribution < 1.29 is 4.79 Å². The first-order valence-corrected chi connectivity index (χ1v) is 9.87. The van der Waals surface area contributed by atoms with Crippen LogP contribution in [0.4, 0.5) is 5.82 Å². The van der Waals surface area contributed by atoms with Gasteiger partial charge in [0, 0.05) is 30.9 Å². The van der Waals surface area contributed by atoms with Gasteiger partial charge in [-0.3, -0.25) is 4.79 Å². The van der Waals surface area contributed by atoms with E-state index in [-0.39, 0.29) is 5.91 Å². The first-order valence-electron chi connectivity index (χ1n) is 9.49. The molecule has 2 heterocycles. The van der Waals surface area contributed by atoms with Gasteiger partial charge in [-0.2, -0.15) is 0 Å². The van der Waals surface area contributed by atoms with Crippen molar-refractivity contribution in [2.24, 2.45) is 0 Å². The summed E-state index contributed by atoms with van der Waals surface area (Å²) in [6.45, 7) is 2.18. The van der Waals surface area contributed by atoms with Crippen LogP contribution in [0.1, 0.15) is 27.0 Å². The molecule has 1 aromatic heterocycles. The van der Waals surface area contributed by atoms with Crippen molar-refractivity contribution in [2.45, 2.75) is 19.4 Å². The topological polar surface area (TPSA) is 45.2 Å². The molecular weight excluding hydrogens is 370 g/mol. The third-order valence-electron chi connectivity index (χ3n) is 5.06. The number of hydrogen-bond donors (Lipinski definition) is 1. The molecule has 0 spiro atoms. The lowest BCUT2D eigenvalue weighted by atomic mass is 9.99. The number of anilines is 1. The number of carbonyl (C=O) groups excluding carboxylic acids is 1. The van der Waals surface area contributed by atoms with E-state index >= 15 is 0 Å². The summed E-state index contributed by atoms with van der Waals surface area (Å²) in [5.41, 5.74) is 4.41. The lowest BCUT2D eigenvalue weighted by molar-refractivity contribution is 0.0734. The van der Waals surface area contributed by atoms with E-state index in [1.54, 1.807) is 6.20 Å². The second-order valence-corrected chi connectivity index (χ2v) is 7.42. The fourth-order valence-corrected chi connectivity index (χ4v) is 3.59. The van der Waals surface area contributed by atoms with E-state index in [2.05, 4.69) is 28.5 Å². The van der Waals surface area contributed by atoms with Gasteiger partial charge in [-0.15, -0.1) is 0 Å². The molecule has 5 heteroatoms. The van der Waals surface area contributed by atoms with Gasteiger partial charge in [0.05, 0.1) is 5.56 Å². The zero-order valence-electron chi connectivity index (χ0n) is 15.6. The third-order valence-corrected chi connectivity index (χ3v) is 5.31. The first-order chi connectivity index (χ1) is 13.7. The predicted octanol–water partition coefficient (Wildman–Crippen LogP) is 4.59. The Bertz CT molecular complexity index is 954. The van der Waals surface area contributed by atoms with Crippen LogP contribution in [0.15, 0.2) is 66.9 Å². The molecule has 1 N–H and O–H groups in total. The lowest BCUT2D eigenvalue weighted by Crippen LogP contribution is -2.36. The number of hydrogen-bond acceptors (Lipinski definition) is 3. The summed E-state index contributed by atoms with van der Waals surface area (Å²) in [5.74, 6) is 0.809. The first kappa shape index (κ1) is 18.5. The maximum atomic E-state index is 12.8. The Labute approximate surface area is 170 Å². The predicted molar refractivity (Wildman–Crippen MR) is 113 cm³/mol. The van der Waals surface area contributed by atoms with Gasteiger partial charge in [0.2, 0.25) is 0 Å². The SMILES string of the molecule is O=C(c1ccc(NCCc2ccc(Cl)cc2)nc1)N1CCc2ccccc2C1. The average Bonchev–Trinajstić information content (AvgIpc) is 2.75. The number of carbonyl (C=O) groups is 1. The van der Waals surface area contributed by atoms with Crippen LogP contribution in [0, 0.1) is 0 Å². The summed E-state index contributed by atoms with van der Waals surface area (Å²) >= 11 is 5.91. The summed E-state index contributed by atoms with van der Waals surface area (Å²) in [4.78, 5) is 19.1. The molecule has 4 nitrogen and oxygen atoms in total. The van der Waals surface area contributed by atoms with Crippen LogP contribution in [0.25, 0.3) is 0 Å². The Balaban J connectivity index is 1.33. The van der Waals surface area contributed by atoms with Crippen molar-refractivity contribution in [3.8, 4) is 0 Å². The smallest absolute Gasteiger partial charge is 0.255 e. The van der Waals surface area contributed by atoms with E-state index in [0.717, 1.165) is 36.8 Å². The van der Waals surface area contributed by atoms with Crippen LogP contribution in [0.5, 0.6) is 0 Å². The summed E-state index contributed by atoms with van der Waals surface area (Å²) in [7, 11) is 0. The highest BCUT2D eigenvalue weighted by Crippen LogP contribution is 2.20. The number of rotatable bonds is 5. The molecule has 1 amide bonds. The van der Waals surface area contributed by atoms with Crippen molar-refractivity contribution in [1.29, 1.82) is 0 Å². The molecule has 4 rings (SSSR count). The van der Waals surface area contributed by atoms with Gasteiger partial charge in [-0.1, -0.05) is 48.0 Å². The Morgan fingerprint density at radius 2 is 1.82 bits per heavy atom. The van der Waals surface area contributed by atoms with E-state index in [9.17, 15) is 4.79 Å². The number of nitrogens with zero attached hydrogens (tertiary/aromatic N) is 2. The van der Waals surface area contributed by atoms with Crippen LogP contribution in [-0.4, -0.2) is 28.9 Å². The molecule has 142 valence electrons. The summed E-state index contributed by atoms with van der Waals surface area (Å²) in [6, 6.07) is 19.9. The van der Waals surface area contributed by atoms with Crippen LogP contribution >= 0.6 is 11.6 Å². The minimum atomic E-state index is 0.0368. The number of pyridine rings is 1. The molecule has 0 fully saturated rings. The lowest BCUT2D eigenvalue weighted by Gasteiger charge is -2.28. The average molecular weight is 392 g/mol. The highest BCUT2D eigenvalue weighted by molar-refractivity contribution is 6.30. The van der Waals surface area contributed by atoms with E-state index in [0.29, 0.717) is 12.1 Å². The Hall–Kier alpha value is -2.85. The molecule has 0 saturated carbocycles. The fraction of sp³-hybridized carbons (Fsp3) is 0.217. The quantitative estimate of drug-likeness (QED) is 0.692. The summed E-state index contributed by atoms with van der Waals surface area (Å²) < 4.78 is 0. The normalized spacial score (nSPS) is 13.1. The van der Waals surface area contributed by atoms with Crippen LogP contribution in [0.3, 0.4) is 0 Å². The molecule has 0 atom stereocenters. The van der Waals surface area contributed by atoms with E-state index < -0.39 is 0 Å². The fourth-order valence-electron chi connectivity index (χ4n) is 3.46. The number of nitrogens with one attached hydrogen (secondary N) is 1. The van der Waals surface area contributed by atoms with Crippen molar-refractivity contribution in [1.82, 2.24) is 9.88 Å². The van der Waals surface area contributed by atoms with Gasteiger partial charge in [-0.25, -0.2) is 4.98 Å². The highest BCUT2D eigenvalue weighted by Gasteiger charge is 2.21. The molecule has 0 unspecified atom stereocenters. The van der Waals surface area contributed by atoms with E-state index in [1.165, 1.54) is 16.7 Å². The molecule has 3 aromatic rings. The molecule has 0 bridgehead atoms. The zero-order chi connectivity index (χ0) is 19.3. The maximum absolute atomic E-state index is 12.8. The molecular formula is C23H22ClN3O. The molecule has 2 aromatic carbocycles. The van der Waals surface area contributed by atoms with Crippen molar-refractivity contribution in [2.75, 3.05) is 18.4 Å². The molecule has 0 aliphatic carbocycles. The molecule has 0 radical (unpaired) electrons. The van der Waals surface area contributed by atoms with Crippen molar-refractivity contribution >= 4 is 23.3 Å². The van der Waals surface area contributed by atoms with Gasteiger partial charge in [0.1, 0.15) is 5.82 Å². The molecule has 0 saturated heterocycles. The third kappa shape index (κ3) is 4.34. The largest absolute Gasteiger partial charge is 0.370 e. The maximum Gasteiger partial charge on any atom is 0.255 e. The standard InChI is InChI=1S/C23H22ClN3O/c24-21-8-5-17(6-9-21)11-13-25-22-10-7-19(15-26-22)23(28)27-14-12-18-3-1-2-4-20(18)16-27/h1-10,15H,11-14,16H2,(H,25,26). The van der Waals surface area contributed by atoms with Crippen molar-refractivity contribution in [3.05, 3.63) is 94.1 Å². The van der Waals surface area contributed by atoms with Crippen molar-refractivity contribution in [3.63, 3.8) is 0 Å². The number of amides is 1. The van der Waals surface area contributed by atoms with Crippen LogP contribution < -0.4 is 5.32 Å². The van der Waals surface area contributed by atoms with E-state index in [4.69, 9.17) is 11.6 Å². The van der Waals surface area contributed by atoms with Gasteiger partial charge in [0.25, 0.3) is 5.91 Å². The second kappa shape index (κ2) is 8.44. The van der Waals surface area contributed by atoms with Gasteiger partial charge < -0.3 is 10.2 Å². The number of halogens is 1. The second-order valence-electron chi connectivity index (χ2n) is 6.98. The zero-order valence-corrected chi connectivity index (χ0v) is 16.3. The van der Waals surface area contributed by atoms with Gasteiger partial charge >= 0.3 is 0 Å². The molecule has 1 aliphatic rings. The van der Waals surface area contributed by atoms with E-state index in [1.807, 2.05) is 47.4 Å². The Morgan fingerprint density at radius 1 is 1.04 bits per heavy atom. The number of benzene rings is 2. The van der Waals surface area contributed by atoms with Crippen LogP contribution in [-0.2, 0) is 19.4 Å². The molecule has 28 heavy (non-hydrogen) atoms. The minimum Gasteiger partial charge on any atom is -0.370 e. The summed E-state index contributed by atoms with van der Waals surface area (Å²) in [5, 5.41) is 4.04.